The van der Waals surface area contributed by atoms with Crippen LogP contribution in [0.1, 0.15) is 37.7 Å². The van der Waals surface area contributed by atoms with Gasteiger partial charge in [0.05, 0.1) is 5.60 Å². The molecule has 0 amide bonds. The van der Waals surface area contributed by atoms with Gasteiger partial charge in [0, 0.05) is 21.9 Å². The molecule has 0 aromatic heterocycles. The van der Waals surface area contributed by atoms with Crippen molar-refractivity contribution < 1.29 is 4.74 Å². The molecule has 98 valence electrons. The quantitative estimate of drug-likeness (QED) is 0.805. The van der Waals surface area contributed by atoms with E-state index in [-0.39, 0.29) is 5.60 Å². The Morgan fingerprint density at radius 1 is 1.39 bits per heavy atom. The van der Waals surface area contributed by atoms with E-state index < -0.39 is 0 Å². The summed E-state index contributed by atoms with van der Waals surface area (Å²) < 4.78 is 7.32. The van der Waals surface area contributed by atoms with Crippen molar-refractivity contribution >= 4 is 28.3 Å². The van der Waals surface area contributed by atoms with Gasteiger partial charge in [-0.1, -0.05) is 6.07 Å². The summed E-state index contributed by atoms with van der Waals surface area (Å²) in [6.07, 6.45) is 6.17. The number of benzene rings is 1. The number of hydrogen-bond donors (Lipinski definition) is 1. The Bertz CT molecular complexity index is 442. The average molecular weight is 357 g/mol. The number of nitrogens with one attached hydrogen (secondary N) is 1. The van der Waals surface area contributed by atoms with Crippen LogP contribution in [0.25, 0.3) is 0 Å². The van der Waals surface area contributed by atoms with Crippen molar-refractivity contribution in [1.29, 1.82) is 0 Å². The highest BCUT2D eigenvalue weighted by atomic mass is 127. The molecule has 1 heterocycles. The van der Waals surface area contributed by atoms with E-state index in [9.17, 15) is 0 Å². The van der Waals surface area contributed by atoms with Crippen molar-refractivity contribution in [2.24, 2.45) is 0 Å². The van der Waals surface area contributed by atoms with Crippen LogP contribution in [-0.2, 0) is 4.74 Å². The summed E-state index contributed by atoms with van der Waals surface area (Å²) in [7, 11) is 0. The number of anilines is 1. The summed E-state index contributed by atoms with van der Waals surface area (Å²) in [4.78, 5) is 0. The molecule has 2 fully saturated rings. The van der Waals surface area contributed by atoms with Crippen LogP contribution in [0.15, 0.2) is 18.2 Å². The van der Waals surface area contributed by atoms with E-state index in [2.05, 4.69) is 53.0 Å². The van der Waals surface area contributed by atoms with Crippen molar-refractivity contribution in [3.63, 3.8) is 0 Å². The average Bonchev–Trinajstić information content (AvgIpc) is 2.34. The van der Waals surface area contributed by atoms with Crippen LogP contribution < -0.4 is 5.32 Å². The maximum atomic E-state index is 5.98. The topological polar surface area (TPSA) is 21.3 Å². The van der Waals surface area contributed by atoms with Crippen molar-refractivity contribution in [2.45, 2.75) is 50.7 Å². The lowest BCUT2D eigenvalue weighted by Crippen LogP contribution is -2.49. The van der Waals surface area contributed by atoms with Crippen LogP contribution in [-0.4, -0.2) is 18.2 Å². The van der Waals surface area contributed by atoms with Crippen molar-refractivity contribution in [2.75, 3.05) is 11.9 Å². The third kappa shape index (κ3) is 2.39. The monoisotopic (exact) mass is 357 g/mol. The zero-order chi connectivity index (χ0) is 12.6. The van der Waals surface area contributed by atoms with E-state index in [1.165, 1.54) is 40.5 Å². The van der Waals surface area contributed by atoms with Gasteiger partial charge in [0.25, 0.3) is 0 Å². The minimum absolute atomic E-state index is 0.228. The van der Waals surface area contributed by atoms with Crippen molar-refractivity contribution in [3.8, 4) is 0 Å². The number of halogens is 1. The Kier molecular flexibility index (Phi) is 3.54. The zero-order valence-corrected chi connectivity index (χ0v) is 13.0. The molecule has 1 atom stereocenters. The van der Waals surface area contributed by atoms with Crippen LogP contribution >= 0.6 is 22.6 Å². The van der Waals surface area contributed by atoms with Gasteiger partial charge in [0.1, 0.15) is 0 Å². The lowest BCUT2D eigenvalue weighted by Gasteiger charge is -2.47. The number of hydrogen-bond acceptors (Lipinski definition) is 2. The summed E-state index contributed by atoms with van der Waals surface area (Å²) in [5.41, 5.74) is 2.89. The molecule has 1 aliphatic heterocycles. The Morgan fingerprint density at radius 2 is 2.22 bits per heavy atom. The SMILES string of the molecule is Cc1c(I)cccc1NC1CCOC2(CCC2)C1. The summed E-state index contributed by atoms with van der Waals surface area (Å²) in [5.74, 6) is 0. The largest absolute Gasteiger partial charge is 0.382 e. The minimum atomic E-state index is 0.228. The summed E-state index contributed by atoms with van der Waals surface area (Å²) in [5, 5.41) is 3.73. The van der Waals surface area contributed by atoms with E-state index in [4.69, 9.17) is 4.74 Å². The van der Waals surface area contributed by atoms with Crippen LogP contribution in [0.5, 0.6) is 0 Å². The van der Waals surface area contributed by atoms with E-state index >= 15 is 0 Å². The lowest BCUT2D eigenvalue weighted by molar-refractivity contribution is -0.130. The molecular weight excluding hydrogens is 337 g/mol. The Morgan fingerprint density at radius 3 is 2.94 bits per heavy atom. The highest BCUT2D eigenvalue weighted by Crippen LogP contribution is 2.43. The lowest BCUT2D eigenvalue weighted by atomic mass is 9.74. The second-order valence-corrected chi connectivity index (χ2v) is 6.79. The molecule has 3 heteroatoms. The summed E-state index contributed by atoms with van der Waals surface area (Å²) in [6.45, 7) is 3.11. The summed E-state index contributed by atoms with van der Waals surface area (Å²) in [6, 6.07) is 7.07. The first-order chi connectivity index (χ1) is 8.69. The fourth-order valence-electron chi connectivity index (χ4n) is 3.05. The smallest absolute Gasteiger partial charge is 0.0702 e. The van der Waals surface area contributed by atoms with E-state index in [0.29, 0.717) is 6.04 Å². The molecule has 1 aromatic carbocycles. The highest BCUT2D eigenvalue weighted by molar-refractivity contribution is 14.1. The van der Waals surface area contributed by atoms with Gasteiger partial charge >= 0.3 is 0 Å². The van der Waals surface area contributed by atoms with Crippen molar-refractivity contribution in [3.05, 3.63) is 27.3 Å². The van der Waals surface area contributed by atoms with E-state index in [0.717, 1.165) is 13.0 Å². The number of rotatable bonds is 2. The van der Waals surface area contributed by atoms with Crippen molar-refractivity contribution in [1.82, 2.24) is 0 Å². The molecule has 3 rings (SSSR count). The predicted molar refractivity (Wildman–Crippen MR) is 83.1 cm³/mol. The molecule has 1 aromatic rings. The highest BCUT2D eigenvalue weighted by Gasteiger charge is 2.42. The van der Waals surface area contributed by atoms with Gasteiger partial charge in [0.2, 0.25) is 0 Å². The maximum absolute atomic E-state index is 5.98. The van der Waals surface area contributed by atoms with Gasteiger partial charge in [0.15, 0.2) is 0 Å². The zero-order valence-electron chi connectivity index (χ0n) is 10.8. The van der Waals surface area contributed by atoms with Crippen LogP contribution in [0, 0.1) is 10.5 Å². The molecule has 0 bridgehead atoms. The van der Waals surface area contributed by atoms with Crippen LogP contribution in [0.2, 0.25) is 0 Å². The van der Waals surface area contributed by atoms with Crippen LogP contribution in [0.4, 0.5) is 5.69 Å². The molecule has 0 radical (unpaired) electrons. The Balaban J connectivity index is 1.70. The molecule has 1 saturated heterocycles. The molecule has 1 saturated carbocycles. The first-order valence-electron chi connectivity index (χ1n) is 6.84. The molecule has 2 nitrogen and oxygen atoms in total. The fourth-order valence-corrected chi connectivity index (χ4v) is 3.55. The van der Waals surface area contributed by atoms with Gasteiger partial charge in [-0.15, -0.1) is 0 Å². The van der Waals surface area contributed by atoms with Gasteiger partial charge in [-0.2, -0.15) is 0 Å². The standard InChI is InChI=1S/C15H20INO/c1-11-13(16)4-2-5-14(11)17-12-6-9-18-15(10-12)7-3-8-15/h2,4-5,12,17H,3,6-10H2,1H3. The van der Waals surface area contributed by atoms with Crippen LogP contribution in [0.3, 0.4) is 0 Å². The first kappa shape index (κ1) is 12.7. The second kappa shape index (κ2) is 5.00. The van der Waals surface area contributed by atoms with Gasteiger partial charge < -0.3 is 10.1 Å². The molecule has 2 aliphatic rings. The van der Waals surface area contributed by atoms with E-state index in [1.807, 2.05) is 0 Å². The molecule has 1 aliphatic carbocycles. The molecular formula is C15H20INO. The van der Waals surface area contributed by atoms with Gasteiger partial charge in [-0.3, -0.25) is 0 Å². The number of ether oxygens (including phenoxy) is 1. The van der Waals surface area contributed by atoms with Gasteiger partial charge in [-0.05, 0) is 79.3 Å². The minimum Gasteiger partial charge on any atom is -0.382 e. The maximum Gasteiger partial charge on any atom is 0.0702 e. The predicted octanol–water partition coefficient (Wildman–Crippen LogP) is 4.11. The molecule has 1 spiro atoms. The Hall–Kier alpha value is -0.290. The third-order valence-corrected chi connectivity index (χ3v) is 5.55. The second-order valence-electron chi connectivity index (χ2n) is 5.63. The normalized spacial score (nSPS) is 25.8. The van der Waals surface area contributed by atoms with E-state index in [1.54, 1.807) is 0 Å². The third-order valence-electron chi connectivity index (χ3n) is 4.39. The molecule has 1 unspecified atom stereocenters. The van der Waals surface area contributed by atoms with Gasteiger partial charge in [-0.25, -0.2) is 0 Å². The first-order valence-corrected chi connectivity index (χ1v) is 7.92. The molecule has 1 N–H and O–H groups in total. The fraction of sp³-hybridized carbons (Fsp3) is 0.600. The Labute approximate surface area is 123 Å². The summed E-state index contributed by atoms with van der Waals surface area (Å²) >= 11 is 2.40. The molecule has 18 heavy (non-hydrogen) atoms.